The first-order chi connectivity index (χ1) is 13.7. The van der Waals surface area contributed by atoms with E-state index in [2.05, 4.69) is 51.2 Å². The Morgan fingerprint density at radius 3 is 2.14 bits per heavy atom. The van der Waals surface area contributed by atoms with Gasteiger partial charge in [-0.05, 0) is 36.8 Å². The average molecular weight is 378 g/mol. The molecule has 0 spiro atoms. The van der Waals surface area contributed by atoms with Crippen molar-refractivity contribution in [1.29, 1.82) is 0 Å². The first-order valence-corrected chi connectivity index (χ1v) is 9.67. The molecule has 0 saturated carbocycles. The molecule has 0 atom stereocenters. The Balaban J connectivity index is 1.28. The smallest absolute Gasteiger partial charge is 0.247 e. The summed E-state index contributed by atoms with van der Waals surface area (Å²) in [6.07, 6.45) is 0. The Bertz CT molecular complexity index is 882. The summed E-state index contributed by atoms with van der Waals surface area (Å²) in [4.78, 5) is 4.85. The fourth-order valence-electron chi connectivity index (χ4n) is 3.42. The second kappa shape index (κ2) is 8.54. The highest BCUT2D eigenvalue weighted by molar-refractivity contribution is 5.52. The van der Waals surface area contributed by atoms with Crippen molar-refractivity contribution in [3.05, 3.63) is 65.5 Å². The van der Waals surface area contributed by atoms with E-state index in [1.54, 1.807) is 7.11 Å². The largest absolute Gasteiger partial charge is 0.497 e. The molecule has 6 nitrogen and oxygen atoms in total. The number of aryl methyl sites for hydroxylation is 1. The Labute approximate surface area is 165 Å². The first kappa shape index (κ1) is 18.7. The number of hydrogen-bond acceptors (Lipinski definition) is 6. The van der Waals surface area contributed by atoms with E-state index >= 15 is 0 Å². The Morgan fingerprint density at radius 1 is 0.857 bits per heavy atom. The molecular weight excluding hydrogens is 352 g/mol. The van der Waals surface area contributed by atoms with Gasteiger partial charge in [-0.25, -0.2) is 0 Å². The molecule has 4 rings (SSSR count). The average Bonchev–Trinajstić information content (AvgIpc) is 3.19. The molecule has 2 heterocycles. The van der Waals surface area contributed by atoms with Crippen LogP contribution < -0.4 is 4.74 Å². The van der Waals surface area contributed by atoms with Crippen molar-refractivity contribution in [1.82, 2.24) is 20.0 Å². The van der Waals surface area contributed by atoms with Crippen molar-refractivity contribution in [3.8, 4) is 17.2 Å². The number of nitrogens with zero attached hydrogens (tertiary/aromatic N) is 4. The molecule has 0 unspecified atom stereocenters. The lowest BCUT2D eigenvalue weighted by atomic mass is 10.1. The minimum absolute atomic E-state index is 0.591. The van der Waals surface area contributed by atoms with Crippen LogP contribution in [0.15, 0.2) is 52.9 Å². The van der Waals surface area contributed by atoms with Crippen molar-refractivity contribution in [2.75, 3.05) is 33.3 Å². The molecule has 1 fully saturated rings. The predicted octanol–water partition coefficient (Wildman–Crippen LogP) is 3.37. The van der Waals surface area contributed by atoms with Crippen LogP contribution in [-0.4, -0.2) is 53.3 Å². The van der Waals surface area contributed by atoms with E-state index in [1.165, 1.54) is 11.1 Å². The summed E-state index contributed by atoms with van der Waals surface area (Å²) in [6.45, 7) is 7.80. The topological polar surface area (TPSA) is 54.6 Å². The molecule has 2 aromatic carbocycles. The molecule has 0 N–H and O–H groups in total. The van der Waals surface area contributed by atoms with Gasteiger partial charge in [-0.3, -0.25) is 9.80 Å². The molecule has 0 radical (unpaired) electrons. The lowest BCUT2D eigenvalue weighted by Crippen LogP contribution is -2.45. The van der Waals surface area contributed by atoms with Gasteiger partial charge in [0.05, 0.1) is 13.7 Å². The second-order valence-electron chi connectivity index (χ2n) is 7.27. The monoisotopic (exact) mass is 378 g/mol. The van der Waals surface area contributed by atoms with Crippen molar-refractivity contribution < 1.29 is 9.15 Å². The zero-order chi connectivity index (χ0) is 19.3. The van der Waals surface area contributed by atoms with E-state index in [-0.39, 0.29) is 0 Å². The Kier molecular flexibility index (Phi) is 5.69. The van der Waals surface area contributed by atoms with Crippen molar-refractivity contribution >= 4 is 0 Å². The third-order valence-corrected chi connectivity index (χ3v) is 5.15. The highest BCUT2D eigenvalue weighted by Crippen LogP contribution is 2.19. The van der Waals surface area contributed by atoms with Gasteiger partial charge in [0.25, 0.3) is 0 Å². The lowest BCUT2D eigenvalue weighted by Gasteiger charge is -2.33. The van der Waals surface area contributed by atoms with Gasteiger partial charge < -0.3 is 9.15 Å². The summed E-state index contributed by atoms with van der Waals surface area (Å²) < 4.78 is 11.1. The quantitative estimate of drug-likeness (QED) is 0.656. The summed E-state index contributed by atoms with van der Waals surface area (Å²) in [5, 5.41) is 8.43. The highest BCUT2D eigenvalue weighted by atomic mass is 16.5. The molecule has 1 aliphatic heterocycles. The fraction of sp³-hybridized carbons (Fsp3) is 0.364. The maximum atomic E-state index is 5.87. The third kappa shape index (κ3) is 4.58. The molecule has 3 aromatic rings. The normalized spacial score (nSPS) is 15.6. The maximum Gasteiger partial charge on any atom is 0.247 e. The highest BCUT2D eigenvalue weighted by Gasteiger charge is 2.19. The van der Waals surface area contributed by atoms with Gasteiger partial charge in [-0.1, -0.05) is 29.8 Å². The summed E-state index contributed by atoms with van der Waals surface area (Å²) in [5.41, 5.74) is 3.50. The van der Waals surface area contributed by atoms with E-state index in [4.69, 9.17) is 9.15 Å². The van der Waals surface area contributed by atoms with Gasteiger partial charge in [0.1, 0.15) is 5.75 Å². The Hall–Kier alpha value is -2.70. The fourth-order valence-corrected chi connectivity index (χ4v) is 3.42. The molecule has 1 aliphatic rings. The second-order valence-corrected chi connectivity index (χ2v) is 7.27. The van der Waals surface area contributed by atoms with Crippen LogP contribution in [0.2, 0.25) is 0 Å². The van der Waals surface area contributed by atoms with Crippen LogP contribution in [-0.2, 0) is 13.1 Å². The number of piperazine rings is 1. The van der Waals surface area contributed by atoms with Gasteiger partial charge in [0, 0.05) is 38.3 Å². The van der Waals surface area contributed by atoms with Gasteiger partial charge in [-0.15, -0.1) is 10.2 Å². The zero-order valence-corrected chi connectivity index (χ0v) is 16.5. The number of benzene rings is 2. The van der Waals surface area contributed by atoms with Gasteiger partial charge in [0.15, 0.2) is 0 Å². The third-order valence-electron chi connectivity index (χ3n) is 5.15. The molecule has 1 aromatic heterocycles. The van der Waals surface area contributed by atoms with E-state index in [9.17, 15) is 0 Å². The molecule has 146 valence electrons. The molecule has 0 amide bonds. The summed E-state index contributed by atoms with van der Waals surface area (Å²) in [7, 11) is 1.70. The standard InChI is InChI=1S/C22H26N4O2/c1-17-3-7-19(8-4-17)22-24-23-21(28-22)16-26-13-11-25(12-14-26)15-18-5-9-20(27-2)10-6-18/h3-10H,11-16H2,1-2H3. The van der Waals surface area contributed by atoms with Crippen molar-refractivity contribution in [2.45, 2.75) is 20.0 Å². The number of rotatable bonds is 6. The summed E-state index contributed by atoms with van der Waals surface area (Å²) in [5.74, 6) is 2.17. The van der Waals surface area contributed by atoms with E-state index in [1.807, 2.05) is 24.3 Å². The summed E-state index contributed by atoms with van der Waals surface area (Å²) in [6, 6.07) is 16.5. The van der Waals surface area contributed by atoms with E-state index in [0.29, 0.717) is 18.3 Å². The number of ether oxygens (including phenoxy) is 1. The van der Waals surface area contributed by atoms with Crippen LogP contribution in [0.25, 0.3) is 11.5 Å². The Morgan fingerprint density at radius 2 is 1.50 bits per heavy atom. The first-order valence-electron chi connectivity index (χ1n) is 9.67. The molecular formula is C22H26N4O2. The van der Waals surface area contributed by atoms with Crippen LogP contribution in [0.3, 0.4) is 0 Å². The molecule has 28 heavy (non-hydrogen) atoms. The number of aromatic nitrogens is 2. The zero-order valence-electron chi connectivity index (χ0n) is 16.5. The molecule has 1 saturated heterocycles. The van der Waals surface area contributed by atoms with Crippen LogP contribution in [0.4, 0.5) is 0 Å². The van der Waals surface area contributed by atoms with Crippen LogP contribution in [0.5, 0.6) is 5.75 Å². The summed E-state index contributed by atoms with van der Waals surface area (Å²) >= 11 is 0. The molecule has 0 aliphatic carbocycles. The minimum Gasteiger partial charge on any atom is -0.497 e. The predicted molar refractivity (Wildman–Crippen MR) is 108 cm³/mol. The van der Waals surface area contributed by atoms with Crippen LogP contribution in [0, 0.1) is 6.92 Å². The van der Waals surface area contributed by atoms with Crippen molar-refractivity contribution in [3.63, 3.8) is 0 Å². The maximum absolute atomic E-state index is 5.87. The SMILES string of the molecule is COc1ccc(CN2CCN(Cc3nnc(-c4ccc(C)cc4)o3)CC2)cc1. The number of methoxy groups -OCH3 is 1. The van der Waals surface area contributed by atoms with Gasteiger partial charge in [-0.2, -0.15) is 0 Å². The van der Waals surface area contributed by atoms with Gasteiger partial charge in [0.2, 0.25) is 11.8 Å². The minimum atomic E-state index is 0.591. The van der Waals surface area contributed by atoms with E-state index < -0.39 is 0 Å². The lowest BCUT2D eigenvalue weighted by molar-refractivity contribution is 0.114. The van der Waals surface area contributed by atoms with Crippen LogP contribution in [0.1, 0.15) is 17.0 Å². The number of hydrogen-bond donors (Lipinski definition) is 0. The van der Waals surface area contributed by atoms with Gasteiger partial charge >= 0.3 is 0 Å². The molecule has 0 bridgehead atoms. The van der Waals surface area contributed by atoms with Crippen LogP contribution >= 0.6 is 0 Å². The van der Waals surface area contributed by atoms with E-state index in [0.717, 1.165) is 44.0 Å². The van der Waals surface area contributed by atoms with Crippen molar-refractivity contribution in [2.24, 2.45) is 0 Å². The molecule has 6 heteroatoms.